The van der Waals surface area contributed by atoms with Crippen LogP contribution in [-0.4, -0.2) is 48.9 Å². The molecule has 0 bridgehead atoms. The molecule has 1 atom stereocenters. The highest BCUT2D eigenvalue weighted by molar-refractivity contribution is 5.86. The van der Waals surface area contributed by atoms with Crippen LogP contribution in [0.5, 0.6) is 0 Å². The number of nitrogens with one attached hydrogen (secondary N) is 2. The van der Waals surface area contributed by atoms with Crippen LogP contribution in [-0.2, 0) is 16.0 Å². The third-order valence-electron chi connectivity index (χ3n) is 3.90. The van der Waals surface area contributed by atoms with Crippen LogP contribution < -0.4 is 10.6 Å². The van der Waals surface area contributed by atoms with Crippen LogP contribution in [0.15, 0.2) is 30.3 Å². The Morgan fingerprint density at radius 3 is 2.65 bits per heavy atom. The molecule has 23 heavy (non-hydrogen) atoms. The summed E-state index contributed by atoms with van der Waals surface area (Å²) in [5.41, 5.74) is 0.956. The summed E-state index contributed by atoms with van der Waals surface area (Å²) in [6.45, 7) is 4.71. The van der Waals surface area contributed by atoms with E-state index in [-0.39, 0.29) is 36.8 Å². The van der Waals surface area contributed by atoms with Gasteiger partial charge in [0, 0.05) is 19.1 Å². The molecule has 1 heterocycles. The Bertz CT molecular complexity index is 490. The molecule has 0 aliphatic carbocycles. The molecular weight excluding hydrogens is 314 g/mol. The summed E-state index contributed by atoms with van der Waals surface area (Å²) in [4.78, 5) is 26.2. The molecule has 0 aromatic heterocycles. The van der Waals surface area contributed by atoms with E-state index in [9.17, 15) is 9.59 Å². The number of amides is 2. The molecule has 128 valence electrons. The zero-order chi connectivity index (χ0) is 15.8. The van der Waals surface area contributed by atoms with Crippen molar-refractivity contribution < 1.29 is 9.59 Å². The predicted molar refractivity (Wildman–Crippen MR) is 93.7 cm³/mol. The van der Waals surface area contributed by atoms with E-state index < -0.39 is 0 Å². The molecule has 0 saturated carbocycles. The quantitative estimate of drug-likeness (QED) is 0.788. The lowest BCUT2D eigenvalue weighted by molar-refractivity contribution is -0.134. The molecule has 2 N–H and O–H groups in total. The highest BCUT2D eigenvalue weighted by Crippen LogP contribution is 2.09. The first-order valence-corrected chi connectivity index (χ1v) is 8.01. The second-order valence-corrected chi connectivity index (χ2v) is 5.67. The number of benzene rings is 1. The summed E-state index contributed by atoms with van der Waals surface area (Å²) in [5, 5.41) is 6.03. The zero-order valence-corrected chi connectivity index (χ0v) is 14.4. The van der Waals surface area contributed by atoms with Crippen LogP contribution in [0.4, 0.5) is 0 Å². The van der Waals surface area contributed by atoms with E-state index in [2.05, 4.69) is 17.6 Å². The van der Waals surface area contributed by atoms with E-state index >= 15 is 0 Å². The van der Waals surface area contributed by atoms with Crippen molar-refractivity contribution in [3.63, 3.8) is 0 Å². The number of carbonyl (C=O) groups excluding carboxylic acids is 2. The predicted octanol–water partition coefficient (Wildman–Crippen LogP) is 1.37. The second-order valence-electron chi connectivity index (χ2n) is 5.67. The number of hydrogen-bond acceptors (Lipinski definition) is 3. The smallest absolute Gasteiger partial charge is 0.242 e. The van der Waals surface area contributed by atoms with E-state index in [4.69, 9.17) is 0 Å². The number of nitrogens with zero attached hydrogens (tertiary/aromatic N) is 1. The fourth-order valence-corrected chi connectivity index (χ4v) is 2.78. The maximum Gasteiger partial charge on any atom is 0.242 e. The number of carbonyl (C=O) groups is 2. The minimum atomic E-state index is -0.111. The fourth-order valence-electron chi connectivity index (χ4n) is 2.78. The van der Waals surface area contributed by atoms with Gasteiger partial charge in [-0.3, -0.25) is 9.59 Å². The topological polar surface area (TPSA) is 61.4 Å². The van der Waals surface area contributed by atoms with Crippen molar-refractivity contribution in [2.24, 2.45) is 0 Å². The van der Waals surface area contributed by atoms with Crippen LogP contribution in [0.3, 0.4) is 0 Å². The first kappa shape index (κ1) is 19.5. The second kappa shape index (κ2) is 10.2. The van der Waals surface area contributed by atoms with E-state index in [1.165, 1.54) is 0 Å². The third-order valence-corrected chi connectivity index (χ3v) is 3.90. The van der Waals surface area contributed by atoms with Crippen LogP contribution in [0, 0.1) is 0 Å². The Hall–Kier alpha value is -1.59. The summed E-state index contributed by atoms with van der Waals surface area (Å²) < 4.78 is 0. The van der Waals surface area contributed by atoms with Crippen LogP contribution >= 0.6 is 12.4 Å². The summed E-state index contributed by atoms with van der Waals surface area (Å²) in [7, 11) is 0. The molecule has 1 saturated heterocycles. The summed E-state index contributed by atoms with van der Waals surface area (Å²) in [5.74, 6) is -0.0995. The monoisotopic (exact) mass is 339 g/mol. The van der Waals surface area contributed by atoms with Gasteiger partial charge in [-0.05, 0) is 24.9 Å². The van der Waals surface area contributed by atoms with Gasteiger partial charge in [0.1, 0.15) is 0 Å². The minimum Gasteiger partial charge on any atom is -0.347 e. The molecule has 0 spiro atoms. The van der Waals surface area contributed by atoms with Gasteiger partial charge in [0.2, 0.25) is 11.8 Å². The van der Waals surface area contributed by atoms with Gasteiger partial charge in [-0.15, -0.1) is 12.4 Å². The molecule has 2 rings (SSSR count). The maximum atomic E-state index is 12.4. The summed E-state index contributed by atoms with van der Waals surface area (Å²) in [6, 6.07) is 9.82. The standard InChI is InChI=1S/C17H25N3O2.ClH/c1-2-10-20(15-8-9-18-12-15)17(22)13-19-16(21)11-14-6-4-3-5-7-14;/h3-7,15,18H,2,8-13H2,1H3,(H,19,21);1H. The van der Waals surface area contributed by atoms with Crippen molar-refractivity contribution in [1.82, 2.24) is 15.5 Å². The molecule has 1 aromatic rings. The molecule has 5 nitrogen and oxygen atoms in total. The summed E-state index contributed by atoms with van der Waals surface area (Å²) >= 11 is 0. The Morgan fingerprint density at radius 1 is 1.30 bits per heavy atom. The molecule has 0 radical (unpaired) electrons. The first-order valence-electron chi connectivity index (χ1n) is 8.01. The normalized spacial score (nSPS) is 16.5. The fraction of sp³-hybridized carbons (Fsp3) is 0.529. The van der Waals surface area contributed by atoms with E-state index in [1.54, 1.807) is 0 Å². The van der Waals surface area contributed by atoms with Crippen molar-refractivity contribution >= 4 is 24.2 Å². The van der Waals surface area contributed by atoms with Gasteiger partial charge in [-0.2, -0.15) is 0 Å². The maximum absolute atomic E-state index is 12.4. The molecule has 1 aliphatic heterocycles. The van der Waals surface area contributed by atoms with Gasteiger partial charge in [0.15, 0.2) is 0 Å². The Balaban J connectivity index is 0.00000264. The number of hydrogen-bond donors (Lipinski definition) is 2. The SMILES string of the molecule is CCCN(C(=O)CNC(=O)Cc1ccccc1)C1CCNC1.Cl. The van der Waals surface area contributed by atoms with Gasteiger partial charge >= 0.3 is 0 Å². The highest BCUT2D eigenvalue weighted by atomic mass is 35.5. The molecule has 2 amide bonds. The lowest BCUT2D eigenvalue weighted by atomic mass is 10.1. The Labute approximate surface area is 144 Å². The third kappa shape index (κ3) is 6.20. The Kier molecular flexibility index (Phi) is 8.66. The zero-order valence-electron chi connectivity index (χ0n) is 13.6. The van der Waals surface area contributed by atoms with Crippen molar-refractivity contribution in [3.8, 4) is 0 Å². The lowest BCUT2D eigenvalue weighted by Crippen LogP contribution is -2.47. The van der Waals surface area contributed by atoms with Gasteiger partial charge in [-0.25, -0.2) is 0 Å². The Morgan fingerprint density at radius 2 is 2.04 bits per heavy atom. The molecule has 1 aromatic carbocycles. The minimum absolute atomic E-state index is 0. The van der Waals surface area contributed by atoms with Gasteiger partial charge < -0.3 is 15.5 Å². The molecule has 6 heteroatoms. The average Bonchev–Trinajstić information content (AvgIpc) is 3.05. The van der Waals surface area contributed by atoms with E-state index in [0.717, 1.165) is 38.0 Å². The van der Waals surface area contributed by atoms with Crippen molar-refractivity contribution in [1.29, 1.82) is 0 Å². The largest absolute Gasteiger partial charge is 0.347 e. The van der Waals surface area contributed by atoms with Crippen molar-refractivity contribution in [3.05, 3.63) is 35.9 Å². The molecule has 1 fully saturated rings. The summed E-state index contributed by atoms with van der Waals surface area (Å²) in [6.07, 6.45) is 2.23. The average molecular weight is 340 g/mol. The van der Waals surface area contributed by atoms with Crippen LogP contribution in [0.2, 0.25) is 0 Å². The van der Waals surface area contributed by atoms with E-state index in [1.807, 2.05) is 35.2 Å². The number of halogens is 1. The molecular formula is C17H26ClN3O2. The van der Waals surface area contributed by atoms with Gasteiger partial charge in [0.25, 0.3) is 0 Å². The van der Waals surface area contributed by atoms with Crippen LogP contribution in [0.1, 0.15) is 25.3 Å². The van der Waals surface area contributed by atoms with Crippen molar-refractivity contribution in [2.75, 3.05) is 26.2 Å². The number of rotatable bonds is 7. The lowest BCUT2D eigenvalue weighted by Gasteiger charge is -2.28. The van der Waals surface area contributed by atoms with Gasteiger partial charge in [0.05, 0.1) is 13.0 Å². The van der Waals surface area contributed by atoms with Crippen LogP contribution in [0.25, 0.3) is 0 Å². The first-order chi connectivity index (χ1) is 10.7. The molecule has 1 aliphatic rings. The van der Waals surface area contributed by atoms with E-state index in [0.29, 0.717) is 6.42 Å². The highest BCUT2D eigenvalue weighted by Gasteiger charge is 2.25. The molecule has 1 unspecified atom stereocenters. The van der Waals surface area contributed by atoms with Crippen molar-refractivity contribution in [2.45, 2.75) is 32.2 Å². The van der Waals surface area contributed by atoms with Gasteiger partial charge in [-0.1, -0.05) is 37.3 Å².